The third-order valence-corrected chi connectivity index (χ3v) is 4.49. The molecular weight excluding hydrogens is 355 g/mol. The lowest BCUT2D eigenvalue weighted by Crippen LogP contribution is -2.25. The van der Waals surface area contributed by atoms with Crippen molar-refractivity contribution in [3.8, 4) is 5.75 Å². The topological polar surface area (TPSA) is 41.6 Å². The number of rotatable bonds is 8. The highest BCUT2D eigenvalue weighted by molar-refractivity contribution is 5.94. The van der Waals surface area contributed by atoms with E-state index in [0.717, 1.165) is 29.8 Å². The van der Waals surface area contributed by atoms with Crippen molar-refractivity contribution in [3.05, 3.63) is 83.8 Å². The van der Waals surface area contributed by atoms with Crippen LogP contribution in [0.4, 0.5) is 10.1 Å². The van der Waals surface area contributed by atoms with E-state index in [-0.39, 0.29) is 18.3 Å². The first-order valence-electron chi connectivity index (χ1n) is 9.57. The van der Waals surface area contributed by atoms with E-state index in [1.807, 2.05) is 29.3 Å². The van der Waals surface area contributed by atoms with Crippen LogP contribution in [0.1, 0.15) is 35.7 Å². The second-order valence-corrected chi connectivity index (χ2v) is 6.60. The summed E-state index contributed by atoms with van der Waals surface area (Å²) in [6, 6.07) is 11.7. The minimum Gasteiger partial charge on any atom is -0.494 e. The van der Waals surface area contributed by atoms with Crippen LogP contribution in [0.2, 0.25) is 0 Å². The predicted molar refractivity (Wildman–Crippen MR) is 110 cm³/mol. The van der Waals surface area contributed by atoms with Gasteiger partial charge in [0.15, 0.2) is 0 Å². The summed E-state index contributed by atoms with van der Waals surface area (Å²) in [5.74, 6) is 0.227. The molecule has 2 aromatic carbocycles. The molecule has 0 aromatic heterocycles. The van der Waals surface area contributed by atoms with Crippen molar-refractivity contribution in [2.24, 2.45) is 0 Å². The molecule has 0 radical (unpaired) electrons. The Labute approximate surface area is 165 Å². The number of carbonyl (C=O) groups excluding carboxylic acids is 1. The zero-order valence-corrected chi connectivity index (χ0v) is 16.0. The summed E-state index contributed by atoms with van der Waals surface area (Å²) in [5.41, 5.74) is 2.15. The van der Waals surface area contributed by atoms with Crippen molar-refractivity contribution in [1.29, 1.82) is 0 Å². The Kier molecular flexibility index (Phi) is 6.84. The summed E-state index contributed by atoms with van der Waals surface area (Å²) in [6.45, 7) is 3.74. The maximum Gasteiger partial charge on any atom is 0.251 e. The first-order chi connectivity index (χ1) is 13.7. The Hall–Kier alpha value is -3.08. The number of allylic oxidation sites excluding steroid dienone is 2. The van der Waals surface area contributed by atoms with Crippen molar-refractivity contribution in [1.82, 2.24) is 5.32 Å². The third kappa shape index (κ3) is 5.22. The summed E-state index contributed by atoms with van der Waals surface area (Å²) in [7, 11) is 0. The van der Waals surface area contributed by atoms with Crippen LogP contribution >= 0.6 is 0 Å². The molecular formula is C23H25FN2O2. The molecule has 1 aliphatic heterocycles. The van der Waals surface area contributed by atoms with Crippen LogP contribution < -0.4 is 15.0 Å². The lowest BCUT2D eigenvalue weighted by atomic mass is 10.1. The fraction of sp³-hybridized carbons (Fsp3) is 0.261. The molecule has 0 fully saturated rings. The molecule has 0 bridgehead atoms. The Morgan fingerprint density at radius 2 is 2.00 bits per heavy atom. The van der Waals surface area contributed by atoms with Gasteiger partial charge < -0.3 is 15.0 Å². The predicted octanol–water partition coefficient (Wildman–Crippen LogP) is 4.82. The highest BCUT2D eigenvalue weighted by Crippen LogP contribution is 2.23. The number of unbranched alkanes of at least 4 members (excludes halogenated alkanes) is 1. The van der Waals surface area contributed by atoms with Gasteiger partial charge in [0.1, 0.15) is 11.6 Å². The molecule has 0 saturated heterocycles. The van der Waals surface area contributed by atoms with Gasteiger partial charge in [-0.25, -0.2) is 4.39 Å². The molecule has 0 atom stereocenters. The van der Waals surface area contributed by atoms with Crippen LogP contribution in [0, 0.1) is 5.82 Å². The zero-order chi connectivity index (χ0) is 19.8. The standard InChI is InChI=1S/C23H25FN2O2/c1-2-3-15-28-21-10-7-18(8-11-21)23(27)25-17-19-16-20(24)9-12-22(19)26-13-5-4-6-14-26/h4-13,16H,2-3,14-15,17H2,1H3,(H,25,27). The van der Waals surface area contributed by atoms with Crippen LogP contribution in [-0.4, -0.2) is 19.1 Å². The maximum absolute atomic E-state index is 13.8. The molecule has 0 unspecified atom stereocenters. The number of hydrogen-bond donors (Lipinski definition) is 1. The van der Waals surface area contributed by atoms with Crippen LogP contribution in [0.15, 0.2) is 66.9 Å². The van der Waals surface area contributed by atoms with E-state index in [0.29, 0.717) is 18.7 Å². The summed E-state index contributed by atoms with van der Waals surface area (Å²) in [5, 5.41) is 2.88. The fourth-order valence-electron chi connectivity index (χ4n) is 2.94. The maximum atomic E-state index is 13.8. The van der Waals surface area contributed by atoms with Crippen LogP contribution in [0.25, 0.3) is 0 Å². The molecule has 0 saturated carbocycles. The van der Waals surface area contributed by atoms with E-state index in [4.69, 9.17) is 4.74 Å². The molecule has 0 spiro atoms. The molecule has 146 valence electrons. The molecule has 2 aromatic rings. The lowest BCUT2D eigenvalue weighted by Gasteiger charge is -2.24. The number of amides is 1. The quantitative estimate of drug-likeness (QED) is 0.667. The lowest BCUT2D eigenvalue weighted by molar-refractivity contribution is 0.0951. The number of benzene rings is 2. The van der Waals surface area contributed by atoms with Crippen LogP contribution in [-0.2, 0) is 6.54 Å². The average Bonchev–Trinajstić information content (AvgIpc) is 2.73. The van der Waals surface area contributed by atoms with Crippen molar-refractivity contribution < 1.29 is 13.9 Å². The van der Waals surface area contributed by atoms with Gasteiger partial charge in [0.05, 0.1) is 6.61 Å². The number of nitrogens with one attached hydrogen (secondary N) is 1. The van der Waals surface area contributed by atoms with E-state index in [1.165, 1.54) is 12.1 Å². The van der Waals surface area contributed by atoms with Crippen LogP contribution in [0.5, 0.6) is 5.75 Å². The number of halogens is 1. The summed E-state index contributed by atoms with van der Waals surface area (Å²) in [6.07, 6.45) is 9.94. The molecule has 1 heterocycles. The minimum atomic E-state index is -0.321. The number of carbonyl (C=O) groups is 1. The van der Waals surface area contributed by atoms with Gasteiger partial charge in [-0.2, -0.15) is 0 Å². The molecule has 3 rings (SSSR count). The van der Waals surface area contributed by atoms with E-state index in [2.05, 4.69) is 12.2 Å². The van der Waals surface area contributed by atoms with Gasteiger partial charge >= 0.3 is 0 Å². The van der Waals surface area contributed by atoms with Gasteiger partial charge in [-0.05, 0) is 60.5 Å². The number of nitrogens with zero attached hydrogens (tertiary/aromatic N) is 1. The largest absolute Gasteiger partial charge is 0.494 e. The Morgan fingerprint density at radius 1 is 1.18 bits per heavy atom. The summed E-state index contributed by atoms with van der Waals surface area (Å²) >= 11 is 0. The van der Waals surface area contributed by atoms with Gasteiger partial charge in [-0.1, -0.05) is 25.5 Å². The van der Waals surface area contributed by atoms with Crippen molar-refractivity contribution in [2.75, 3.05) is 18.1 Å². The SMILES string of the molecule is CCCCOc1ccc(C(=O)NCc2cc(F)ccc2N2C=CC=CC2)cc1. The Bertz CT molecular complexity index is 859. The van der Waals surface area contributed by atoms with Crippen molar-refractivity contribution >= 4 is 11.6 Å². The van der Waals surface area contributed by atoms with Crippen molar-refractivity contribution in [2.45, 2.75) is 26.3 Å². The van der Waals surface area contributed by atoms with Gasteiger partial charge in [0, 0.05) is 30.5 Å². The summed E-state index contributed by atoms with van der Waals surface area (Å²) in [4.78, 5) is 14.5. The molecule has 1 amide bonds. The van der Waals surface area contributed by atoms with E-state index in [1.54, 1.807) is 30.3 Å². The van der Waals surface area contributed by atoms with Crippen LogP contribution in [0.3, 0.4) is 0 Å². The second-order valence-electron chi connectivity index (χ2n) is 6.60. The molecule has 0 aliphatic carbocycles. The normalized spacial score (nSPS) is 12.9. The first kappa shape index (κ1) is 19.7. The minimum absolute atomic E-state index is 0.204. The van der Waals surface area contributed by atoms with Gasteiger partial charge in [-0.15, -0.1) is 0 Å². The van der Waals surface area contributed by atoms with E-state index >= 15 is 0 Å². The highest BCUT2D eigenvalue weighted by Gasteiger charge is 2.12. The Morgan fingerprint density at radius 3 is 2.71 bits per heavy atom. The average molecular weight is 380 g/mol. The number of ether oxygens (including phenoxy) is 1. The first-order valence-corrected chi connectivity index (χ1v) is 9.57. The van der Waals surface area contributed by atoms with Gasteiger partial charge in [0.2, 0.25) is 0 Å². The third-order valence-electron chi connectivity index (χ3n) is 4.49. The van der Waals surface area contributed by atoms with Gasteiger partial charge in [0.25, 0.3) is 5.91 Å². The molecule has 28 heavy (non-hydrogen) atoms. The van der Waals surface area contributed by atoms with E-state index < -0.39 is 0 Å². The fourth-order valence-corrected chi connectivity index (χ4v) is 2.94. The molecule has 5 heteroatoms. The second kappa shape index (κ2) is 9.74. The number of anilines is 1. The molecule has 1 N–H and O–H groups in total. The van der Waals surface area contributed by atoms with Gasteiger partial charge in [-0.3, -0.25) is 4.79 Å². The summed E-state index contributed by atoms with van der Waals surface area (Å²) < 4.78 is 19.4. The van der Waals surface area contributed by atoms with Crippen molar-refractivity contribution in [3.63, 3.8) is 0 Å². The zero-order valence-electron chi connectivity index (χ0n) is 16.0. The number of hydrogen-bond acceptors (Lipinski definition) is 3. The highest BCUT2D eigenvalue weighted by atomic mass is 19.1. The monoisotopic (exact) mass is 380 g/mol. The Balaban J connectivity index is 1.63. The van der Waals surface area contributed by atoms with E-state index in [9.17, 15) is 9.18 Å². The molecule has 4 nitrogen and oxygen atoms in total. The molecule has 1 aliphatic rings. The smallest absolute Gasteiger partial charge is 0.251 e.